The molecule has 1 aliphatic rings. The van der Waals surface area contributed by atoms with Crippen LogP contribution in [0.3, 0.4) is 0 Å². The first-order valence-corrected chi connectivity index (χ1v) is 6.45. The van der Waals surface area contributed by atoms with Crippen LogP contribution in [0.4, 0.5) is 0 Å². The summed E-state index contributed by atoms with van der Waals surface area (Å²) in [5.74, 6) is -1.01. The Morgan fingerprint density at radius 1 is 1.62 bits per heavy atom. The molecule has 0 aliphatic carbocycles. The SMILES string of the molecule is CC1(c2cc(C(=O)O)no2)CCCS1(=O)=O. The van der Waals surface area contributed by atoms with Crippen molar-refractivity contribution in [2.45, 2.75) is 24.5 Å². The van der Waals surface area contributed by atoms with Gasteiger partial charge in [0.2, 0.25) is 0 Å². The van der Waals surface area contributed by atoms with Crippen molar-refractivity contribution < 1.29 is 22.8 Å². The average Bonchev–Trinajstić information content (AvgIpc) is 2.73. The van der Waals surface area contributed by atoms with Gasteiger partial charge in [-0.15, -0.1) is 0 Å². The minimum Gasteiger partial charge on any atom is -0.476 e. The standard InChI is InChI=1S/C9H11NO5S/c1-9(3-2-4-16(9,13)14)7-5-6(8(11)12)10-15-7/h5H,2-4H2,1H3,(H,11,12). The Labute approximate surface area is 92.2 Å². The summed E-state index contributed by atoms with van der Waals surface area (Å²) >= 11 is 0. The van der Waals surface area contributed by atoms with Crippen LogP contribution in [-0.4, -0.2) is 30.4 Å². The molecule has 1 aromatic heterocycles. The maximum absolute atomic E-state index is 11.8. The average molecular weight is 245 g/mol. The number of carboxylic acids is 1. The predicted octanol–water partition coefficient (Wildman–Crippen LogP) is 0.797. The van der Waals surface area contributed by atoms with E-state index in [1.807, 2.05) is 0 Å². The van der Waals surface area contributed by atoms with Crippen LogP contribution in [-0.2, 0) is 14.6 Å². The molecule has 7 heteroatoms. The summed E-state index contributed by atoms with van der Waals surface area (Å²) in [4.78, 5) is 10.6. The maximum atomic E-state index is 11.8. The van der Waals surface area contributed by atoms with Crippen molar-refractivity contribution in [2.24, 2.45) is 0 Å². The van der Waals surface area contributed by atoms with E-state index in [0.717, 1.165) is 0 Å². The highest BCUT2D eigenvalue weighted by molar-refractivity contribution is 7.92. The van der Waals surface area contributed by atoms with E-state index in [1.54, 1.807) is 6.92 Å². The van der Waals surface area contributed by atoms with Gasteiger partial charge in [0.15, 0.2) is 21.3 Å². The summed E-state index contributed by atoms with van der Waals surface area (Å²) in [5, 5.41) is 12.0. The molecule has 2 heterocycles. The van der Waals surface area contributed by atoms with Gasteiger partial charge in [0.25, 0.3) is 0 Å². The Bertz CT molecular complexity index is 532. The summed E-state index contributed by atoms with van der Waals surface area (Å²) < 4.78 is 27.4. The fraction of sp³-hybridized carbons (Fsp3) is 0.556. The molecule has 1 atom stereocenters. The highest BCUT2D eigenvalue weighted by Gasteiger charge is 2.48. The van der Waals surface area contributed by atoms with Crippen LogP contribution in [0.2, 0.25) is 0 Å². The zero-order valence-electron chi connectivity index (χ0n) is 8.63. The van der Waals surface area contributed by atoms with Crippen LogP contribution in [0.25, 0.3) is 0 Å². The molecule has 0 bridgehead atoms. The van der Waals surface area contributed by atoms with Gasteiger partial charge in [-0.1, -0.05) is 5.16 Å². The molecular formula is C9H11NO5S. The molecule has 1 saturated heterocycles. The van der Waals surface area contributed by atoms with E-state index in [9.17, 15) is 13.2 Å². The van der Waals surface area contributed by atoms with Gasteiger partial charge in [0.05, 0.1) is 5.75 Å². The number of carboxylic acid groups (broad SMARTS) is 1. The Morgan fingerprint density at radius 3 is 2.75 bits per heavy atom. The second-order valence-corrected chi connectivity index (χ2v) is 6.57. The van der Waals surface area contributed by atoms with Crippen molar-refractivity contribution in [1.29, 1.82) is 0 Å². The van der Waals surface area contributed by atoms with Crippen molar-refractivity contribution in [3.63, 3.8) is 0 Å². The molecule has 1 N–H and O–H groups in total. The summed E-state index contributed by atoms with van der Waals surface area (Å²) in [6.45, 7) is 1.54. The fourth-order valence-electron chi connectivity index (χ4n) is 1.88. The minimum absolute atomic E-state index is 0.104. The molecule has 0 saturated carbocycles. The third-order valence-electron chi connectivity index (χ3n) is 3.00. The number of carbonyl (C=O) groups is 1. The van der Waals surface area contributed by atoms with E-state index < -0.39 is 20.6 Å². The quantitative estimate of drug-likeness (QED) is 0.827. The first kappa shape index (κ1) is 11.1. The van der Waals surface area contributed by atoms with Crippen molar-refractivity contribution in [2.75, 3.05) is 5.75 Å². The summed E-state index contributed by atoms with van der Waals surface area (Å²) in [7, 11) is -3.28. The lowest BCUT2D eigenvalue weighted by Crippen LogP contribution is -2.27. The van der Waals surface area contributed by atoms with E-state index in [-0.39, 0.29) is 17.2 Å². The van der Waals surface area contributed by atoms with Crippen LogP contribution < -0.4 is 0 Å². The number of aromatic nitrogens is 1. The van der Waals surface area contributed by atoms with Crippen LogP contribution in [0.5, 0.6) is 0 Å². The monoisotopic (exact) mass is 245 g/mol. The second kappa shape index (κ2) is 3.31. The lowest BCUT2D eigenvalue weighted by Gasteiger charge is -2.18. The molecule has 16 heavy (non-hydrogen) atoms. The number of hydrogen-bond donors (Lipinski definition) is 1. The second-order valence-electron chi connectivity index (χ2n) is 4.03. The van der Waals surface area contributed by atoms with Crippen molar-refractivity contribution in [1.82, 2.24) is 5.16 Å². The third kappa shape index (κ3) is 1.42. The van der Waals surface area contributed by atoms with Crippen LogP contribution in [0.15, 0.2) is 10.6 Å². The molecule has 1 unspecified atom stereocenters. The molecule has 1 aliphatic heterocycles. The number of sulfone groups is 1. The Morgan fingerprint density at radius 2 is 2.31 bits per heavy atom. The number of aromatic carboxylic acids is 1. The maximum Gasteiger partial charge on any atom is 0.358 e. The highest BCUT2D eigenvalue weighted by Crippen LogP contribution is 2.41. The Balaban J connectivity index is 2.48. The molecule has 0 aromatic carbocycles. The molecule has 0 amide bonds. The van der Waals surface area contributed by atoms with E-state index in [4.69, 9.17) is 9.63 Å². The molecule has 1 aromatic rings. The fourth-order valence-corrected chi connectivity index (χ4v) is 3.71. The molecule has 0 spiro atoms. The molecule has 88 valence electrons. The number of nitrogens with zero attached hydrogens (tertiary/aromatic N) is 1. The van der Waals surface area contributed by atoms with Gasteiger partial charge >= 0.3 is 5.97 Å². The number of rotatable bonds is 2. The largest absolute Gasteiger partial charge is 0.476 e. The molecule has 0 radical (unpaired) electrons. The van der Waals surface area contributed by atoms with Crippen molar-refractivity contribution in [3.05, 3.63) is 17.5 Å². The minimum atomic E-state index is -3.28. The third-order valence-corrected chi connectivity index (χ3v) is 5.61. The predicted molar refractivity (Wildman–Crippen MR) is 53.8 cm³/mol. The van der Waals surface area contributed by atoms with E-state index in [0.29, 0.717) is 12.8 Å². The first-order valence-electron chi connectivity index (χ1n) is 4.80. The van der Waals surface area contributed by atoms with Gasteiger partial charge in [0, 0.05) is 6.07 Å². The van der Waals surface area contributed by atoms with Crippen LogP contribution in [0.1, 0.15) is 36.0 Å². The van der Waals surface area contributed by atoms with E-state index in [2.05, 4.69) is 5.16 Å². The topological polar surface area (TPSA) is 97.5 Å². The van der Waals surface area contributed by atoms with Gasteiger partial charge in [0.1, 0.15) is 4.75 Å². The lowest BCUT2D eigenvalue weighted by molar-refractivity contribution is 0.0685. The van der Waals surface area contributed by atoms with Crippen LogP contribution >= 0.6 is 0 Å². The normalized spacial score (nSPS) is 28.1. The number of hydrogen-bond acceptors (Lipinski definition) is 5. The first-order chi connectivity index (χ1) is 7.37. The molecule has 6 nitrogen and oxygen atoms in total. The zero-order chi connectivity index (χ0) is 12.0. The molecule has 1 fully saturated rings. The summed E-state index contributed by atoms with van der Waals surface area (Å²) in [6.07, 6.45) is 0.992. The van der Waals surface area contributed by atoms with Gasteiger partial charge in [-0.2, -0.15) is 0 Å². The molecular weight excluding hydrogens is 234 g/mol. The van der Waals surface area contributed by atoms with Crippen molar-refractivity contribution >= 4 is 15.8 Å². The highest BCUT2D eigenvalue weighted by atomic mass is 32.2. The lowest BCUT2D eigenvalue weighted by atomic mass is 10.0. The van der Waals surface area contributed by atoms with Crippen LogP contribution in [0, 0.1) is 0 Å². The Kier molecular flexibility index (Phi) is 2.30. The zero-order valence-corrected chi connectivity index (χ0v) is 9.45. The van der Waals surface area contributed by atoms with Crippen molar-refractivity contribution in [3.8, 4) is 0 Å². The van der Waals surface area contributed by atoms with Gasteiger partial charge in [-0.3, -0.25) is 0 Å². The van der Waals surface area contributed by atoms with E-state index >= 15 is 0 Å². The smallest absolute Gasteiger partial charge is 0.358 e. The molecule has 2 rings (SSSR count). The summed E-state index contributed by atoms with van der Waals surface area (Å²) in [5.41, 5.74) is -0.265. The van der Waals surface area contributed by atoms with Gasteiger partial charge < -0.3 is 9.63 Å². The summed E-state index contributed by atoms with van der Waals surface area (Å²) in [6, 6.07) is 1.19. The van der Waals surface area contributed by atoms with Gasteiger partial charge in [-0.05, 0) is 19.8 Å². The Hall–Kier alpha value is -1.37. The van der Waals surface area contributed by atoms with Gasteiger partial charge in [-0.25, -0.2) is 13.2 Å². The van der Waals surface area contributed by atoms with E-state index in [1.165, 1.54) is 6.07 Å².